The molecule has 0 fully saturated rings. The van der Waals surface area contributed by atoms with Gasteiger partial charge in [0.1, 0.15) is 0 Å². The molecule has 0 saturated heterocycles. The topological polar surface area (TPSA) is 84.6 Å². The van der Waals surface area contributed by atoms with Crippen LogP contribution < -0.4 is 5.43 Å². The van der Waals surface area contributed by atoms with Crippen LogP contribution in [0.15, 0.2) is 41.5 Å². The molecule has 118 valence electrons. The molecule has 0 aliphatic rings. The fourth-order valence-electron chi connectivity index (χ4n) is 2.38. The van der Waals surface area contributed by atoms with Crippen LogP contribution in [0.4, 0.5) is 5.69 Å². The number of hydrazone groups is 1. The molecule has 0 aliphatic heterocycles. The third kappa shape index (κ3) is 4.00. The average molecular weight is 311 g/mol. The minimum atomic E-state index is -0.543. The van der Waals surface area contributed by atoms with Crippen LogP contribution in [0.3, 0.4) is 0 Å². The molecule has 1 amide bonds. The minimum Gasteiger partial charge on any atom is -0.267 e. The van der Waals surface area contributed by atoms with Gasteiger partial charge >= 0.3 is 0 Å². The van der Waals surface area contributed by atoms with Crippen LogP contribution in [0.5, 0.6) is 0 Å². The first-order valence-corrected chi connectivity index (χ1v) is 7.04. The first-order valence-electron chi connectivity index (χ1n) is 7.04. The van der Waals surface area contributed by atoms with Crippen molar-refractivity contribution in [1.82, 2.24) is 5.43 Å². The highest BCUT2D eigenvalue weighted by atomic mass is 16.6. The maximum absolute atomic E-state index is 12.0. The molecule has 6 nitrogen and oxygen atoms in total. The number of nitro groups is 1. The second-order valence-corrected chi connectivity index (χ2v) is 5.32. The molecule has 23 heavy (non-hydrogen) atoms. The van der Waals surface area contributed by atoms with Crippen LogP contribution in [0.2, 0.25) is 0 Å². The van der Waals surface area contributed by atoms with Crippen molar-refractivity contribution in [3.8, 4) is 0 Å². The Kier molecular flexibility index (Phi) is 4.85. The van der Waals surface area contributed by atoms with Gasteiger partial charge in [0, 0.05) is 23.3 Å². The van der Waals surface area contributed by atoms with Gasteiger partial charge in [-0.15, -0.1) is 0 Å². The summed E-state index contributed by atoms with van der Waals surface area (Å²) in [6.45, 7) is 5.97. The molecule has 0 radical (unpaired) electrons. The minimum absolute atomic E-state index is 0.133. The predicted octanol–water partition coefficient (Wildman–Crippen LogP) is 3.28. The van der Waals surface area contributed by atoms with Crippen molar-refractivity contribution < 1.29 is 9.72 Å². The van der Waals surface area contributed by atoms with Crippen molar-refractivity contribution in [2.24, 2.45) is 5.10 Å². The van der Waals surface area contributed by atoms with E-state index in [9.17, 15) is 14.9 Å². The lowest BCUT2D eigenvalue weighted by molar-refractivity contribution is -0.384. The van der Waals surface area contributed by atoms with Gasteiger partial charge in [-0.25, -0.2) is 5.43 Å². The van der Waals surface area contributed by atoms with E-state index in [0.29, 0.717) is 0 Å². The molecular weight excluding hydrogens is 294 g/mol. The van der Waals surface area contributed by atoms with Crippen LogP contribution in [0.25, 0.3) is 0 Å². The van der Waals surface area contributed by atoms with Gasteiger partial charge in [-0.05, 0) is 38.0 Å². The van der Waals surface area contributed by atoms with Crippen molar-refractivity contribution in [3.63, 3.8) is 0 Å². The van der Waals surface area contributed by atoms with Gasteiger partial charge in [-0.2, -0.15) is 5.10 Å². The third-order valence-corrected chi connectivity index (χ3v) is 3.42. The van der Waals surface area contributed by atoms with Gasteiger partial charge in [0.05, 0.1) is 11.1 Å². The lowest BCUT2D eigenvalue weighted by Crippen LogP contribution is -2.17. The molecule has 0 heterocycles. The zero-order valence-corrected chi connectivity index (χ0v) is 13.2. The number of hydrogen-bond acceptors (Lipinski definition) is 4. The van der Waals surface area contributed by atoms with Crippen LogP contribution >= 0.6 is 0 Å². The molecule has 1 N–H and O–H groups in total. The number of rotatable bonds is 4. The third-order valence-electron chi connectivity index (χ3n) is 3.42. The van der Waals surface area contributed by atoms with E-state index in [0.717, 1.165) is 22.3 Å². The van der Waals surface area contributed by atoms with Gasteiger partial charge in [-0.1, -0.05) is 23.8 Å². The molecule has 0 spiro atoms. The van der Waals surface area contributed by atoms with E-state index >= 15 is 0 Å². The smallest absolute Gasteiger partial charge is 0.267 e. The molecule has 2 aromatic carbocycles. The fourth-order valence-corrected chi connectivity index (χ4v) is 2.38. The summed E-state index contributed by atoms with van der Waals surface area (Å²) >= 11 is 0. The number of nitrogens with zero attached hydrogens (tertiary/aromatic N) is 2. The Bertz CT molecular complexity index is 774. The highest BCUT2D eigenvalue weighted by Gasteiger charge is 2.10. The summed E-state index contributed by atoms with van der Waals surface area (Å²) in [6, 6.07) is 9.59. The first kappa shape index (κ1) is 16.4. The van der Waals surface area contributed by atoms with Crippen molar-refractivity contribution in [3.05, 3.63) is 74.3 Å². The number of non-ortho nitro benzene ring substituents is 1. The number of nitro benzene ring substituents is 1. The summed E-state index contributed by atoms with van der Waals surface area (Å²) in [5.74, 6) is -0.493. The number of hydrogen-bond donors (Lipinski definition) is 1. The highest BCUT2D eigenvalue weighted by Crippen LogP contribution is 2.15. The highest BCUT2D eigenvalue weighted by molar-refractivity contribution is 5.95. The van der Waals surface area contributed by atoms with Crippen LogP contribution in [0, 0.1) is 30.9 Å². The zero-order valence-electron chi connectivity index (χ0n) is 13.2. The quantitative estimate of drug-likeness (QED) is 0.534. The summed E-state index contributed by atoms with van der Waals surface area (Å²) in [7, 11) is 0. The molecular formula is C17H17N3O3. The van der Waals surface area contributed by atoms with Gasteiger partial charge in [-0.3, -0.25) is 14.9 Å². The molecule has 0 unspecified atom stereocenters. The van der Waals surface area contributed by atoms with Gasteiger partial charge in [0.15, 0.2) is 0 Å². The van der Waals surface area contributed by atoms with Crippen LogP contribution in [0.1, 0.15) is 32.6 Å². The Morgan fingerprint density at radius 3 is 2.43 bits per heavy atom. The molecule has 0 saturated carbocycles. The van der Waals surface area contributed by atoms with Crippen molar-refractivity contribution >= 4 is 17.8 Å². The van der Waals surface area contributed by atoms with Gasteiger partial charge in [0.2, 0.25) is 0 Å². The summed E-state index contributed by atoms with van der Waals surface area (Å²) < 4.78 is 0. The lowest BCUT2D eigenvalue weighted by atomic mass is 10.0. The molecule has 6 heteroatoms. The Morgan fingerprint density at radius 1 is 1.17 bits per heavy atom. The summed E-state index contributed by atoms with van der Waals surface area (Å²) in [5, 5.41) is 14.7. The second kappa shape index (κ2) is 6.83. The monoisotopic (exact) mass is 311 g/mol. The number of amides is 1. The van der Waals surface area contributed by atoms with Crippen LogP contribution in [-0.2, 0) is 0 Å². The molecule has 2 rings (SSSR count). The number of carbonyl (C=O) groups is 1. The summed E-state index contributed by atoms with van der Waals surface area (Å²) in [4.78, 5) is 22.2. The van der Waals surface area contributed by atoms with E-state index < -0.39 is 10.8 Å². The molecule has 0 aliphatic carbocycles. The van der Waals surface area contributed by atoms with E-state index in [4.69, 9.17) is 0 Å². The van der Waals surface area contributed by atoms with E-state index in [1.807, 2.05) is 32.9 Å². The number of carbonyl (C=O) groups excluding carboxylic acids is 1. The van der Waals surface area contributed by atoms with E-state index in [-0.39, 0.29) is 11.3 Å². The Labute approximate surface area is 134 Å². The second-order valence-electron chi connectivity index (χ2n) is 5.32. The Morgan fingerprint density at radius 2 is 1.83 bits per heavy atom. The number of benzene rings is 2. The van der Waals surface area contributed by atoms with Crippen molar-refractivity contribution in [2.45, 2.75) is 20.8 Å². The van der Waals surface area contributed by atoms with E-state index in [2.05, 4.69) is 10.5 Å². The van der Waals surface area contributed by atoms with Crippen molar-refractivity contribution in [1.29, 1.82) is 0 Å². The summed E-state index contributed by atoms with van der Waals surface area (Å²) in [6.07, 6.45) is 1.58. The summed E-state index contributed by atoms with van der Waals surface area (Å²) in [5.41, 5.74) is 6.68. The van der Waals surface area contributed by atoms with E-state index in [1.54, 1.807) is 6.21 Å². The molecule has 2 aromatic rings. The lowest BCUT2D eigenvalue weighted by Gasteiger charge is -2.06. The maximum Gasteiger partial charge on any atom is 0.271 e. The fraction of sp³-hybridized carbons (Fsp3) is 0.176. The standard InChI is InChI=1S/C17H17N3O3/c1-11-7-12(2)16(13(3)8-11)10-18-19-17(21)14-5-4-6-15(9-14)20(22)23/h4-10H,1-3H3,(H,19,21)/b18-10+. The molecule has 0 atom stereocenters. The van der Waals surface area contributed by atoms with Gasteiger partial charge < -0.3 is 0 Å². The maximum atomic E-state index is 12.0. The van der Waals surface area contributed by atoms with E-state index in [1.165, 1.54) is 24.3 Å². The average Bonchev–Trinajstić information content (AvgIpc) is 2.49. The number of nitrogens with one attached hydrogen (secondary N) is 1. The normalized spacial score (nSPS) is 10.7. The molecule has 0 bridgehead atoms. The largest absolute Gasteiger partial charge is 0.271 e. The zero-order chi connectivity index (χ0) is 17.0. The first-order chi connectivity index (χ1) is 10.9. The Hall–Kier alpha value is -3.02. The number of aryl methyl sites for hydroxylation is 3. The molecule has 0 aromatic heterocycles. The van der Waals surface area contributed by atoms with Crippen LogP contribution in [-0.4, -0.2) is 17.0 Å². The predicted molar refractivity (Wildman–Crippen MR) is 88.8 cm³/mol. The SMILES string of the molecule is Cc1cc(C)c(/C=N/NC(=O)c2cccc([N+](=O)[O-])c2)c(C)c1. The van der Waals surface area contributed by atoms with Crippen molar-refractivity contribution in [2.75, 3.05) is 0 Å². The Balaban J connectivity index is 2.13. The van der Waals surface area contributed by atoms with Gasteiger partial charge in [0.25, 0.3) is 11.6 Å².